The molecule has 2 rings (SSSR count). The Morgan fingerprint density at radius 3 is 2.55 bits per heavy atom. The molecular weight excluding hydrogens is 450 g/mol. The number of aryl methyl sites for hydroxylation is 1. The van der Waals surface area contributed by atoms with Crippen molar-refractivity contribution in [3.05, 3.63) is 57.1 Å². The number of anilines is 1. The molecule has 0 aliphatic carbocycles. The van der Waals surface area contributed by atoms with Crippen LogP contribution in [0.4, 0.5) is 11.4 Å². The number of non-ortho nitro benzene ring substituents is 1. The van der Waals surface area contributed by atoms with E-state index in [4.69, 9.17) is 21.1 Å². The van der Waals surface area contributed by atoms with Crippen LogP contribution in [-0.4, -0.2) is 52.3 Å². The number of carbonyl (C=O) groups excluding carboxylic acids is 1. The predicted octanol–water partition coefficient (Wildman–Crippen LogP) is 2.53. The zero-order valence-electron chi connectivity index (χ0n) is 17.1. The highest BCUT2D eigenvalue weighted by atomic mass is 35.5. The van der Waals surface area contributed by atoms with Crippen LogP contribution in [0.15, 0.2) is 36.4 Å². The van der Waals surface area contributed by atoms with Crippen LogP contribution in [0.2, 0.25) is 5.02 Å². The van der Waals surface area contributed by atoms with Crippen molar-refractivity contribution >= 4 is 38.9 Å². The number of nitrogens with one attached hydrogen (secondary N) is 1. The maximum absolute atomic E-state index is 12.3. The van der Waals surface area contributed by atoms with Crippen LogP contribution in [0, 0.1) is 17.0 Å². The number of sulfonamides is 1. The molecule has 0 aliphatic heterocycles. The molecule has 0 spiro atoms. The van der Waals surface area contributed by atoms with E-state index in [-0.39, 0.29) is 30.3 Å². The Balaban J connectivity index is 2.06. The van der Waals surface area contributed by atoms with Gasteiger partial charge in [0.05, 0.1) is 24.8 Å². The SMILES string of the molecule is COc1ccc([N+](=O)[O-])cc1N(CC(=O)NCCOc1ccc(C)c(Cl)c1)S(C)(=O)=O. The summed E-state index contributed by atoms with van der Waals surface area (Å²) in [5.41, 5.74) is 0.453. The number of nitro groups is 1. The third-order valence-electron chi connectivity index (χ3n) is 4.17. The van der Waals surface area contributed by atoms with Crippen LogP contribution in [0.3, 0.4) is 0 Å². The first-order chi connectivity index (χ1) is 14.5. The zero-order chi connectivity index (χ0) is 23.2. The first kappa shape index (κ1) is 24.2. The lowest BCUT2D eigenvalue weighted by Crippen LogP contribution is -2.41. The number of hydrogen-bond donors (Lipinski definition) is 1. The molecule has 1 amide bonds. The van der Waals surface area contributed by atoms with Gasteiger partial charge in [0.1, 0.15) is 30.3 Å². The van der Waals surface area contributed by atoms with Gasteiger partial charge in [-0.3, -0.25) is 19.2 Å². The molecule has 0 saturated heterocycles. The highest BCUT2D eigenvalue weighted by molar-refractivity contribution is 7.92. The Bertz CT molecular complexity index is 1080. The molecule has 168 valence electrons. The quantitative estimate of drug-likeness (QED) is 0.320. The third kappa shape index (κ3) is 6.72. The van der Waals surface area contributed by atoms with Crippen molar-refractivity contribution < 1.29 is 27.6 Å². The Morgan fingerprint density at radius 2 is 1.97 bits per heavy atom. The lowest BCUT2D eigenvalue weighted by atomic mass is 10.2. The number of methoxy groups -OCH3 is 1. The minimum absolute atomic E-state index is 0.0726. The van der Waals surface area contributed by atoms with E-state index in [0.717, 1.165) is 22.2 Å². The highest BCUT2D eigenvalue weighted by Gasteiger charge is 2.26. The maximum Gasteiger partial charge on any atom is 0.271 e. The standard InChI is InChI=1S/C19H22ClN3O7S/c1-13-4-6-15(11-16(13)20)30-9-8-21-19(24)12-22(31(3,27)28)17-10-14(23(25)26)5-7-18(17)29-2/h4-7,10-11H,8-9,12H2,1-3H3,(H,21,24). The normalized spacial score (nSPS) is 11.0. The zero-order valence-corrected chi connectivity index (χ0v) is 18.7. The Hall–Kier alpha value is -3.05. The van der Waals surface area contributed by atoms with E-state index in [1.54, 1.807) is 18.2 Å². The molecule has 1 N–H and O–H groups in total. The van der Waals surface area contributed by atoms with Gasteiger partial charge in [0.25, 0.3) is 5.69 Å². The molecule has 0 bridgehead atoms. The summed E-state index contributed by atoms with van der Waals surface area (Å²) >= 11 is 6.03. The van der Waals surface area contributed by atoms with Crippen LogP contribution in [0.5, 0.6) is 11.5 Å². The predicted molar refractivity (Wildman–Crippen MR) is 117 cm³/mol. The first-order valence-electron chi connectivity index (χ1n) is 8.98. The molecule has 0 aliphatic rings. The van der Waals surface area contributed by atoms with Crippen molar-refractivity contribution in [3.63, 3.8) is 0 Å². The van der Waals surface area contributed by atoms with Crippen molar-refractivity contribution in [2.24, 2.45) is 0 Å². The number of rotatable bonds is 10. The van der Waals surface area contributed by atoms with Gasteiger partial charge in [-0.15, -0.1) is 0 Å². The van der Waals surface area contributed by atoms with Crippen LogP contribution < -0.4 is 19.1 Å². The first-order valence-corrected chi connectivity index (χ1v) is 11.2. The number of ether oxygens (including phenoxy) is 2. The van der Waals surface area contributed by atoms with Gasteiger partial charge >= 0.3 is 0 Å². The van der Waals surface area contributed by atoms with E-state index in [0.29, 0.717) is 10.8 Å². The molecule has 0 aromatic heterocycles. The molecule has 10 nitrogen and oxygen atoms in total. The van der Waals surface area contributed by atoms with Gasteiger partial charge in [0.2, 0.25) is 15.9 Å². The lowest BCUT2D eigenvalue weighted by molar-refractivity contribution is -0.384. The van der Waals surface area contributed by atoms with Crippen LogP contribution in [0.1, 0.15) is 5.56 Å². The van der Waals surface area contributed by atoms with E-state index in [1.165, 1.54) is 19.2 Å². The summed E-state index contributed by atoms with van der Waals surface area (Å²) in [6.07, 6.45) is 0.892. The van der Waals surface area contributed by atoms with Gasteiger partial charge in [-0.1, -0.05) is 17.7 Å². The molecule has 2 aromatic rings. The molecule has 0 atom stereocenters. The van der Waals surface area contributed by atoms with E-state index in [9.17, 15) is 23.3 Å². The van der Waals surface area contributed by atoms with Crippen molar-refractivity contribution in [3.8, 4) is 11.5 Å². The number of amides is 1. The third-order valence-corrected chi connectivity index (χ3v) is 5.70. The molecule has 2 aromatic carbocycles. The Kier molecular flexibility index (Phi) is 8.06. The average Bonchev–Trinajstić information content (AvgIpc) is 2.70. The summed E-state index contributed by atoms with van der Waals surface area (Å²) in [5.74, 6) is -0.0168. The van der Waals surface area contributed by atoms with Gasteiger partial charge in [0, 0.05) is 17.2 Å². The maximum atomic E-state index is 12.3. The Labute approximate surface area is 184 Å². The molecule has 0 fully saturated rings. The van der Waals surface area contributed by atoms with Crippen LogP contribution in [0.25, 0.3) is 0 Å². The van der Waals surface area contributed by atoms with Gasteiger partial charge in [-0.25, -0.2) is 8.42 Å². The number of nitro benzene ring substituents is 1. The summed E-state index contributed by atoms with van der Waals surface area (Å²) < 4.78 is 35.9. The molecule has 0 unspecified atom stereocenters. The van der Waals surface area contributed by atoms with E-state index in [1.807, 2.05) is 6.92 Å². The number of nitrogens with zero attached hydrogens (tertiary/aromatic N) is 2. The smallest absolute Gasteiger partial charge is 0.271 e. The largest absolute Gasteiger partial charge is 0.495 e. The molecule has 31 heavy (non-hydrogen) atoms. The van der Waals surface area contributed by atoms with Gasteiger partial charge in [-0.05, 0) is 30.7 Å². The minimum Gasteiger partial charge on any atom is -0.495 e. The van der Waals surface area contributed by atoms with Gasteiger partial charge in [-0.2, -0.15) is 0 Å². The number of halogens is 1. The number of benzene rings is 2. The molecule has 0 heterocycles. The highest BCUT2D eigenvalue weighted by Crippen LogP contribution is 2.33. The van der Waals surface area contributed by atoms with E-state index < -0.39 is 27.4 Å². The second-order valence-corrected chi connectivity index (χ2v) is 8.81. The molecule has 0 radical (unpaired) electrons. The fourth-order valence-corrected chi connectivity index (χ4v) is 3.60. The summed E-state index contributed by atoms with van der Waals surface area (Å²) in [7, 11) is -2.66. The van der Waals surface area contributed by atoms with Crippen LogP contribution in [-0.2, 0) is 14.8 Å². The Morgan fingerprint density at radius 1 is 1.26 bits per heavy atom. The lowest BCUT2D eigenvalue weighted by Gasteiger charge is -2.23. The van der Waals surface area contributed by atoms with E-state index >= 15 is 0 Å². The van der Waals surface area contributed by atoms with Crippen molar-refractivity contribution in [1.29, 1.82) is 0 Å². The van der Waals surface area contributed by atoms with Gasteiger partial charge < -0.3 is 14.8 Å². The van der Waals surface area contributed by atoms with Gasteiger partial charge in [0.15, 0.2) is 0 Å². The number of carbonyl (C=O) groups is 1. The van der Waals surface area contributed by atoms with Crippen molar-refractivity contribution in [1.82, 2.24) is 5.32 Å². The monoisotopic (exact) mass is 471 g/mol. The molecule has 0 saturated carbocycles. The molecule has 12 heteroatoms. The molecular formula is C19H22ClN3O7S. The summed E-state index contributed by atoms with van der Waals surface area (Å²) in [6, 6.07) is 8.67. The summed E-state index contributed by atoms with van der Waals surface area (Å²) in [5, 5.41) is 14.2. The van der Waals surface area contributed by atoms with Crippen molar-refractivity contribution in [2.45, 2.75) is 6.92 Å². The second-order valence-electron chi connectivity index (χ2n) is 6.49. The fraction of sp³-hybridized carbons (Fsp3) is 0.316. The second kappa shape index (κ2) is 10.3. The minimum atomic E-state index is -3.95. The average molecular weight is 472 g/mol. The van der Waals surface area contributed by atoms with Crippen LogP contribution >= 0.6 is 11.6 Å². The summed E-state index contributed by atoms with van der Waals surface area (Å²) in [6.45, 7) is 1.50. The van der Waals surface area contributed by atoms with Crippen molar-refractivity contribution in [2.75, 3.05) is 37.4 Å². The summed E-state index contributed by atoms with van der Waals surface area (Å²) in [4.78, 5) is 22.7. The number of hydrogen-bond acceptors (Lipinski definition) is 7. The fourth-order valence-electron chi connectivity index (χ4n) is 2.58. The topological polar surface area (TPSA) is 128 Å². The van der Waals surface area contributed by atoms with E-state index in [2.05, 4.69) is 5.32 Å².